The second kappa shape index (κ2) is 9.74. The molecule has 0 aliphatic carbocycles. The molecule has 2 N–H and O–H groups in total. The summed E-state index contributed by atoms with van der Waals surface area (Å²) in [6, 6.07) is 10.5. The van der Waals surface area contributed by atoms with Gasteiger partial charge in [0.15, 0.2) is 11.6 Å². The minimum atomic E-state index is -0.975. The van der Waals surface area contributed by atoms with Gasteiger partial charge in [0.2, 0.25) is 12.2 Å². The number of hydrogen-bond acceptors (Lipinski definition) is 6. The standard InChI is InChI=1S/C22H21F2N5O4/c1-13(11-33-17-10-15(23)9-16(24)18(17)25-12-30)26-22(31)20-27-21-19(14-5-3-2-4-6-14)32-8-7-29(21)28-20/h2-6,9-10,12-13,19H,7-8,11H2,1H3,(H,25,30)(H,26,31)/t13-,19?/m1/s1. The van der Waals surface area contributed by atoms with Crippen LogP contribution < -0.4 is 15.4 Å². The molecule has 3 aromatic rings. The van der Waals surface area contributed by atoms with Crippen LogP contribution >= 0.6 is 0 Å². The fourth-order valence-corrected chi connectivity index (χ4v) is 3.42. The van der Waals surface area contributed by atoms with E-state index in [-0.39, 0.29) is 30.3 Å². The molecule has 0 radical (unpaired) electrons. The molecule has 33 heavy (non-hydrogen) atoms. The quantitative estimate of drug-likeness (QED) is 0.503. The fourth-order valence-electron chi connectivity index (χ4n) is 3.42. The predicted octanol–water partition coefficient (Wildman–Crippen LogP) is 2.44. The lowest BCUT2D eigenvalue weighted by Gasteiger charge is -2.22. The maximum Gasteiger partial charge on any atom is 0.291 e. The Morgan fingerprint density at radius 2 is 2.12 bits per heavy atom. The number of fused-ring (bicyclic) bond motifs is 1. The van der Waals surface area contributed by atoms with Crippen molar-refractivity contribution in [3.63, 3.8) is 0 Å². The predicted molar refractivity (Wildman–Crippen MR) is 113 cm³/mol. The van der Waals surface area contributed by atoms with Crippen LogP contribution in [0.15, 0.2) is 42.5 Å². The summed E-state index contributed by atoms with van der Waals surface area (Å²) in [6.07, 6.45) is -0.172. The lowest BCUT2D eigenvalue weighted by Crippen LogP contribution is -2.37. The van der Waals surface area contributed by atoms with Gasteiger partial charge >= 0.3 is 0 Å². The lowest BCUT2D eigenvalue weighted by molar-refractivity contribution is -0.105. The molecule has 11 heteroatoms. The number of aromatic nitrogens is 3. The van der Waals surface area contributed by atoms with Crippen molar-refractivity contribution >= 4 is 18.0 Å². The molecule has 172 valence electrons. The van der Waals surface area contributed by atoms with Gasteiger partial charge in [-0.15, -0.1) is 5.10 Å². The Kier molecular flexibility index (Phi) is 6.59. The molecule has 2 heterocycles. The molecular formula is C22H21F2N5O4. The Morgan fingerprint density at radius 3 is 2.88 bits per heavy atom. The van der Waals surface area contributed by atoms with E-state index in [4.69, 9.17) is 9.47 Å². The zero-order chi connectivity index (χ0) is 23.4. The average Bonchev–Trinajstić information content (AvgIpc) is 3.25. The Balaban J connectivity index is 1.42. The van der Waals surface area contributed by atoms with Crippen LogP contribution in [-0.4, -0.2) is 46.3 Å². The normalized spacial score (nSPS) is 15.9. The Labute approximate surface area is 187 Å². The number of benzene rings is 2. The number of nitrogens with zero attached hydrogens (tertiary/aromatic N) is 3. The summed E-state index contributed by atoms with van der Waals surface area (Å²) in [6.45, 7) is 2.43. The van der Waals surface area contributed by atoms with Crippen LogP contribution in [0, 0.1) is 11.6 Å². The van der Waals surface area contributed by atoms with Crippen LogP contribution in [0.3, 0.4) is 0 Å². The Hall–Kier alpha value is -3.86. The third-order valence-electron chi connectivity index (χ3n) is 4.92. The minimum absolute atomic E-state index is 0.0246. The molecule has 4 rings (SSSR count). The van der Waals surface area contributed by atoms with Gasteiger partial charge in [-0.25, -0.2) is 18.4 Å². The number of ether oxygens (including phenoxy) is 2. The van der Waals surface area contributed by atoms with E-state index < -0.39 is 29.7 Å². The van der Waals surface area contributed by atoms with Gasteiger partial charge in [-0.3, -0.25) is 9.59 Å². The maximum atomic E-state index is 13.9. The topological polar surface area (TPSA) is 107 Å². The van der Waals surface area contributed by atoms with Crippen molar-refractivity contribution in [2.24, 2.45) is 0 Å². The van der Waals surface area contributed by atoms with E-state index in [0.29, 0.717) is 25.0 Å². The first-order valence-electron chi connectivity index (χ1n) is 10.2. The highest BCUT2D eigenvalue weighted by Crippen LogP contribution is 2.29. The molecule has 0 saturated heterocycles. The molecule has 1 aliphatic rings. The number of anilines is 1. The lowest BCUT2D eigenvalue weighted by atomic mass is 10.1. The van der Waals surface area contributed by atoms with Crippen molar-refractivity contribution in [2.45, 2.75) is 25.6 Å². The van der Waals surface area contributed by atoms with Gasteiger partial charge in [0.05, 0.1) is 19.2 Å². The van der Waals surface area contributed by atoms with Crippen molar-refractivity contribution in [2.75, 3.05) is 18.5 Å². The summed E-state index contributed by atoms with van der Waals surface area (Å²) in [5, 5.41) is 9.11. The van der Waals surface area contributed by atoms with E-state index in [2.05, 4.69) is 20.7 Å². The van der Waals surface area contributed by atoms with Crippen molar-refractivity contribution in [3.8, 4) is 5.75 Å². The van der Waals surface area contributed by atoms with Gasteiger partial charge in [0.1, 0.15) is 30.0 Å². The molecule has 0 bridgehead atoms. The summed E-state index contributed by atoms with van der Waals surface area (Å²) in [5.74, 6) is -2.06. The molecule has 0 fully saturated rings. The molecule has 1 aromatic heterocycles. The van der Waals surface area contributed by atoms with Gasteiger partial charge in [-0.05, 0) is 12.5 Å². The second-order valence-electron chi connectivity index (χ2n) is 7.39. The van der Waals surface area contributed by atoms with E-state index in [9.17, 15) is 18.4 Å². The average molecular weight is 457 g/mol. The maximum absolute atomic E-state index is 13.9. The van der Waals surface area contributed by atoms with E-state index in [1.54, 1.807) is 11.6 Å². The molecule has 0 saturated carbocycles. The number of carbonyl (C=O) groups excluding carboxylic acids is 2. The molecule has 9 nitrogen and oxygen atoms in total. The highest BCUT2D eigenvalue weighted by atomic mass is 19.1. The SMILES string of the molecule is C[C@H](COc1cc(F)cc(F)c1NC=O)NC(=O)c1nc2n(n1)CCOC2c1ccccc1. The van der Waals surface area contributed by atoms with Crippen LogP contribution in [0.4, 0.5) is 14.5 Å². The first-order chi connectivity index (χ1) is 16.0. The van der Waals surface area contributed by atoms with Crippen molar-refractivity contribution in [1.82, 2.24) is 20.1 Å². The van der Waals surface area contributed by atoms with Crippen LogP contribution in [0.5, 0.6) is 5.75 Å². The number of halogens is 2. The summed E-state index contributed by atoms with van der Waals surface area (Å²) in [5.41, 5.74) is 0.613. The van der Waals surface area contributed by atoms with Crippen molar-refractivity contribution < 1.29 is 27.8 Å². The van der Waals surface area contributed by atoms with Gasteiger partial charge < -0.3 is 20.1 Å². The van der Waals surface area contributed by atoms with Crippen LogP contribution in [0.2, 0.25) is 0 Å². The zero-order valence-electron chi connectivity index (χ0n) is 17.6. The third-order valence-corrected chi connectivity index (χ3v) is 4.92. The number of carbonyl (C=O) groups is 2. The molecule has 2 aromatic carbocycles. The molecule has 1 unspecified atom stereocenters. The second-order valence-corrected chi connectivity index (χ2v) is 7.39. The van der Waals surface area contributed by atoms with Gasteiger partial charge in [0, 0.05) is 12.1 Å². The zero-order valence-corrected chi connectivity index (χ0v) is 17.6. The largest absolute Gasteiger partial charge is 0.489 e. The van der Waals surface area contributed by atoms with E-state index in [1.807, 2.05) is 30.3 Å². The Morgan fingerprint density at radius 1 is 1.33 bits per heavy atom. The van der Waals surface area contributed by atoms with Gasteiger partial charge in [0.25, 0.3) is 5.91 Å². The number of amides is 2. The van der Waals surface area contributed by atoms with E-state index in [1.165, 1.54) is 0 Å². The number of rotatable bonds is 8. The molecule has 1 aliphatic heterocycles. The van der Waals surface area contributed by atoms with Gasteiger partial charge in [-0.1, -0.05) is 30.3 Å². The highest BCUT2D eigenvalue weighted by Gasteiger charge is 2.28. The summed E-state index contributed by atoms with van der Waals surface area (Å²) in [7, 11) is 0. The van der Waals surface area contributed by atoms with Gasteiger partial charge in [-0.2, -0.15) is 0 Å². The van der Waals surface area contributed by atoms with E-state index >= 15 is 0 Å². The molecule has 2 amide bonds. The fraction of sp³-hybridized carbons (Fsp3) is 0.273. The molecule has 0 spiro atoms. The smallest absolute Gasteiger partial charge is 0.291 e. The third kappa shape index (κ3) is 4.98. The molecular weight excluding hydrogens is 436 g/mol. The summed E-state index contributed by atoms with van der Waals surface area (Å²) < 4.78 is 40.3. The summed E-state index contributed by atoms with van der Waals surface area (Å²) in [4.78, 5) is 27.7. The minimum Gasteiger partial charge on any atom is -0.489 e. The first-order valence-corrected chi connectivity index (χ1v) is 10.2. The van der Waals surface area contributed by atoms with E-state index in [0.717, 1.165) is 11.6 Å². The first kappa shape index (κ1) is 22.3. The van der Waals surface area contributed by atoms with Crippen LogP contribution in [-0.2, 0) is 16.1 Å². The summed E-state index contributed by atoms with van der Waals surface area (Å²) >= 11 is 0. The number of nitrogens with one attached hydrogen (secondary N) is 2. The van der Waals surface area contributed by atoms with Crippen LogP contribution in [0.25, 0.3) is 0 Å². The molecule has 2 atom stereocenters. The monoisotopic (exact) mass is 457 g/mol. The van der Waals surface area contributed by atoms with Crippen molar-refractivity contribution in [3.05, 3.63) is 71.3 Å². The number of hydrogen-bond donors (Lipinski definition) is 2. The van der Waals surface area contributed by atoms with Crippen molar-refractivity contribution in [1.29, 1.82) is 0 Å². The Bertz CT molecular complexity index is 1160. The highest BCUT2D eigenvalue weighted by molar-refractivity contribution is 5.90. The van der Waals surface area contributed by atoms with Crippen LogP contribution in [0.1, 0.15) is 35.0 Å².